The number of piperazine rings is 1. The van der Waals surface area contributed by atoms with Crippen molar-refractivity contribution < 1.29 is 9.59 Å². The van der Waals surface area contributed by atoms with Gasteiger partial charge in [0.05, 0.1) is 12.3 Å². The molecule has 1 saturated heterocycles. The predicted octanol–water partition coefficient (Wildman–Crippen LogP) is 1.85. The average molecular weight is 373 g/mol. The second-order valence-electron chi connectivity index (χ2n) is 8.35. The number of nitrogens with one attached hydrogen (secondary N) is 1. The second kappa shape index (κ2) is 8.40. The maximum atomic E-state index is 12.6. The van der Waals surface area contributed by atoms with Crippen LogP contribution in [0, 0.1) is 5.92 Å². The molecule has 3 rings (SSSR count). The quantitative estimate of drug-likeness (QED) is 0.845. The molecule has 1 aliphatic heterocycles. The Morgan fingerprint density at radius 1 is 1.15 bits per heavy atom. The molecule has 27 heavy (non-hydrogen) atoms. The van der Waals surface area contributed by atoms with E-state index in [1.54, 1.807) is 0 Å². The minimum Gasteiger partial charge on any atom is -0.340 e. The Bertz CT molecular complexity index is 663. The van der Waals surface area contributed by atoms with Gasteiger partial charge in [-0.25, -0.2) is 0 Å². The molecule has 0 bridgehead atoms. The largest absolute Gasteiger partial charge is 0.340 e. The molecular formula is C21H32N4O2. The van der Waals surface area contributed by atoms with Gasteiger partial charge in [-0.3, -0.25) is 9.59 Å². The molecule has 2 aliphatic rings. The van der Waals surface area contributed by atoms with Gasteiger partial charge in [0, 0.05) is 37.4 Å². The summed E-state index contributed by atoms with van der Waals surface area (Å²) in [5, 5.41) is 3.00. The molecule has 0 radical (unpaired) electrons. The third kappa shape index (κ3) is 5.08. The van der Waals surface area contributed by atoms with Crippen molar-refractivity contribution in [2.75, 3.05) is 38.5 Å². The molecule has 2 atom stereocenters. The van der Waals surface area contributed by atoms with E-state index in [2.05, 4.69) is 17.3 Å². The standard InChI is InChI=1S/C21H32N4O2/c1-21(22)10-4-3-5-18(21)20(27)23-17-8-6-16(7-9-17)15-19(26)25-13-11-24(2)12-14-25/h6-9,18H,3-5,10-15,22H2,1-2H3,(H,23,27). The highest BCUT2D eigenvalue weighted by atomic mass is 16.2. The average Bonchev–Trinajstić information content (AvgIpc) is 2.63. The number of benzene rings is 1. The second-order valence-corrected chi connectivity index (χ2v) is 8.35. The topological polar surface area (TPSA) is 78.7 Å². The molecule has 148 valence electrons. The summed E-state index contributed by atoms with van der Waals surface area (Å²) in [5.74, 6) is 0.0201. The van der Waals surface area contributed by atoms with E-state index in [1.165, 1.54) is 0 Å². The third-order valence-corrected chi connectivity index (χ3v) is 6.00. The van der Waals surface area contributed by atoms with Crippen molar-refractivity contribution in [3.8, 4) is 0 Å². The van der Waals surface area contributed by atoms with E-state index in [0.717, 1.165) is 63.1 Å². The Morgan fingerprint density at radius 3 is 2.44 bits per heavy atom. The van der Waals surface area contributed by atoms with Crippen LogP contribution in [0.25, 0.3) is 0 Å². The number of nitrogens with zero attached hydrogens (tertiary/aromatic N) is 2. The van der Waals surface area contributed by atoms with E-state index in [1.807, 2.05) is 36.1 Å². The van der Waals surface area contributed by atoms with Gasteiger partial charge in [0.1, 0.15) is 0 Å². The number of hydrogen-bond acceptors (Lipinski definition) is 4. The van der Waals surface area contributed by atoms with Crippen molar-refractivity contribution in [1.29, 1.82) is 0 Å². The third-order valence-electron chi connectivity index (χ3n) is 6.00. The van der Waals surface area contributed by atoms with Crippen LogP contribution in [-0.2, 0) is 16.0 Å². The maximum absolute atomic E-state index is 12.6. The number of likely N-dealkylation sites (N-methyl/N-ethyl adjacent to an activating group) is 1. The number of nitrogens with two attached hydrogens (primary N) is 1. The maximum Gasteiger partial charge on any atom is 0.229 e. The van der Waals surface area contributed by atoms with E-state index in [4.69, 9.17) is 5.73 Å². The van der Waals surface area contributed by atoms with Crippen molar-refractivity contribution in [2.24, 2.45) is 11.7 Å². The summed E-state index contributed by atoms with van der Waals surface area (Å²) < 4.78 is 0. The fourth-order valence-corrected chi connectivity index (χ4v) is 4.07. The van der Waals surface area contributed by atoms with Gasteiger partial charge < -0.3 is 20.9 Å². The van der Waals surface area contributed by atoms with Crippen LogP contribution in [0.5, 0.6) is 0 Å². The van der Waals surface area contributed by atoms with E-state index < -0.39 is 5.54 Å². The molecular weight excluding hydrogens is 340 g/mol. The molecule has 0 spiro atoms. The van der Waals surface area contributed by atoms with Crippen LogP contribution in [0.1, 0.15) is 38.2 Å². The van der Waals surface area contributed by atoms with Gasteiger partial charge in [-0.05, 0) is 44.5 Å². The molecule has 1 aromatic carbocycles. The van der Waals surface area contributed by atoms with Gasteiger partial charge in [0.2, 0.25) is 11.8 Å². The zero-order valence-corrected chi connectivity index (χ0v) is 16.5. The van der Waals surface area contributed by atoms with Crippen LogP contribution in [0.15, 0.2) is 24.3 Å². The summed E-state index contributed by atoms with van der Waals surface area (Å²) in [5.41, 5.74) is 7.63. The predicted molar refractivity (Wildman–Crippen MR) is 107 cm³/mol. The molecule has 1 saturated carbocycles. The van der Waals surface area contributed by atoms with Crippen LogP contribution in [0.2, 0.25) is 0 Å². The van der Waals surface area contributed by atoms with Crippen LogP contribution >= 0.6 is 0 Å². The van der Waals surface area contributed by atoms with E-state index in [-0.39, 0.29) is 17.7 Å². The number of rotatable bonds is 4. The van der Waals surface area contributed by atoms with Gasteiger partial charge in [-0.1, -0.05) is 25.0 Å². The van der Waals surface area contributed by atoms with Crippen LogP contribution in [0.3, 0.4) is 0 Å². The number of anilines is 1. The summed E-state index contributed by atoms with van der Waals surface area (Å²) >= 11 is 0. The minimum atomic E-state index is -0.433. The number of hydrogen-bond donors (Lipinski definition) is 2. The van der Waals surface area contributed by atoms with Gasteiger partial charge in [0.15, 0.2) is 0 Å². The lowest BCUT2D eigenvalue weighted by molar-refractivity contribution is -0.132. The molecule has 2 unspecified atom stereocenters. The van der Waals surface area contributed by atoms with Crippen LogP contribution in [0.4, 0.5) is 5.69 Å². The highest BCUT2D eigenvalue weighted by Gasteiger charge is 2.37. The molecule has 2 fully saturated rings. The Morgan fingerprint density at radius 2 is 1.81 bits per heavy atom. The van der Waals surface area contributed by atoms with Crippen molar-refractivity contribution in [2.45, 2.75) is 44.6 Å². The summed E-state index contributed by atoms with van der Waals surface area (Å²) in [6.07, 6.45) is 4.28. The van der Waals surface area contributed by atoms with Crippen LogP contribution in [-0.4, -0.2) is 60.4 Å². The van der Waals surface area contributed by atoms with Gasteiger partial charge in [-0.15, -0.1) is 0 Å². The first-order valence-corrected chi connectivity index (χ1v) is 10.0. The highest BCUT2D eigenvalue weighted by Crippen LogP contribution is 2.32. The lowest BCUT2D eigenvalue weighted by atomic mass is 9.74. The lowest BCUT2D eigenvalue weighted by Gasteiger charge is -2.37. The smallest absolute Gasteiger partial charge is 0.229 e. The lowest BCUT2D eigenvalue weighted by Crippen LogP contribution is -2.51. The normalized spacial score (nSPS) is 26.6. The zero-order valence-electron chi connectivity index (χ0n) is 16.5. The highest BCUT2D eigenvalue weighted by molar-refractivity contribution is 5.93. The first-order chi connectivity index (χ1) is 12.8. The van der Waals surface area contributed by atoms with Gasteiger partial charge in [0.25, 0.3) is 0 Å². The fraction of sp³-hybridized carbons (Fsp3) is 0.619. The Balaban J connectivity index is 1.54. The Kier molecular flexibility index (Phi) is 6.17. The van der Waals surface area contributed by atoms with Crippen LogP contribution < -0.4 is 11.1 Å². The Labute approximate surface area is 162 Å². The zero-order chi connectivity index (χ0) is 19.4. The molecule has 1 heterocycles. The molecule has 1 aromatic rings. The molecule has 0 aromatic heterocycles. The fourth-order valence-electron chi connectivity index (χ4n) is 4.07. The first-order valence-electron chi connectivity index (χ1n) is 10.0. The van der Waals surface area contributed by atoms with Crippen molar-refractivity contribution in [3.05, 3.63) is 29.8 Å². The van der Waals surface area contributed by atoms with E-state index in [0.29, 0.717) is 6.42 Å². The first kappa shape index (κ1) is 19.8. The summed E-state index contributed by atoms with van der Waals surface area (Å²) in [4.78, 5) is 29.2. The van der Waals surface area contributed by atoms with Gasteiger partial charge in [-0.2, -0.15) is 0 Å². The number of amides is 2. The van der Waals surface area contributed by atoms with E-state index in [9.17, 15) is 9.59 Å². The van der Waals surface area contributed by atoms with Gasteiger partial charge >= 0.3 is 0 Å². The molecule has 6 heteroatoms. The number of carbonyl (C=O) groups excluding carboxylic acids is 2. The summed E-state index contributed by atoms with van der Waals surface area (Å²) in [6.45, 7) is 5.42. The minimum absolute atomic E-state index is 0.000892. The SMILES string of the molecule is CN1CCN(C(=O)Cc2ccc(NC(=O)C3CCCCC3(C)N)cc2)CC1. The van der Waals surface area contributed by atoms with Crippen molar-refractivity contribution >= 4 is 17.5 Å². The molecule has 3 N–H and O–H groups in total. The number of carbonyl (C=O) groups is 2. The molecule has 1 aliphatic carbocycles. The summed E-state index contributed by atoms with van der Waals surface area (Å²) in [7, 11) is 2.08. The monoisotopic (exact) mass is 372 g/mol. The molecule has 6 nitrogen and oxygen atoms in total. The summed E-state index contributed by atoms with van der Waals surface area (Å²) in [6, 6.07) is 7.60. The Hall–Kier alpha value is -1.92. The van der Waals surface area contributed by atoms with Crippen molar-refractivity contribution in [3.63, 3.8) is 0 Å². The van der Waals surface area contributed by atoms with E-state index >= 15 is 0 Å². The molecule has 2 amide bonds. The van der Waals surface area contributed by atoms with Crippen molar-refractivity contribution in [1.82, 2.24) is 9.80 Å².